The zero-order chi connectivity index (χ0) is 20.5. The second kappa shape index (κ2) is 7.87. The lowest BCUT2D eigenvalue weighted by atomic mass is 10.1. The molecule has 0 saturated heterocycles. The van der Waals surface area contributed by atoms with Crippen molar-refractivity contribution in [3.8, 4) is 0 Å². The molecule has 1 aliphatic rings. The van der Waals surface area contributed by atoms with Crippen LogP contribution in [-0.2, 0) is 4.79 Å². The van der Waals surface area contributed by atoms with Crippen molar-refractivity contribution in [1.82, 2.24) is 14.6 Å². The quantitative estimate of drug-likeness (QED) is 0.581. The monoisotopic (exact) mass is 410 g/mol. The van der Waals surface area contributed by atoms with E-state index >= 15 is 0 Å². The van der Waals surface area contributed by atoms with Crippen molar-refractivity contribution in [3.63, 3.8) is 0 Å². The summed E-state index contributed by atoms with van der Waals surface area (Å²) >= 11 is 1.04. The van der Waals surface area contributed by atoms with Gasteiger partial charge in [-0.2, -0.15) is 14.6 Å². The van der Waals surface area contributed by atoms with Crippen molar-refractivity contribution in [2.45, 2.75) is 46.0 Å². The number of amides is 1. The van der Waals surface area contributed by atoms with Crippen LogP contribution in [0.5, 0.6) is 0 Å². The Morgan fingerprint density at radius 1 is 1.03 bits per heavy atom. The predicted molar refractivity (Wildman–Crippen MR) is 113 cm³/mol. The van der Waals surface area contributed by atoms with E-state index in [1.54, 1.807) is 4.90 Å². The van der Waals surface area contributed by atoms with Crippen molar-refractivity contribution in [2.75, 3.05) is 11.4 Å². The number of hydrogen-bond donors (Lipinski definition) is 0. The fraction of sp³-hybridized carbons (Fsp3) is 0.381. The van der Waals surface area contributed by atoms with Gasteiger partial charge in [-0.15, -0.1) is 0 Å². The maximum Gasteiger partial charge on any atom is 0.295 e. The van der Waals surface area contributed by atoms with E-state index in [0.717, 1.165) is 46.4 Å². The Balaban J connectivity index is 1.82. The van der Waals surface area contributed by atoms with Gasteiger partial charge in [0.25, 0.3) is 17.0 Å². The van der Waals surface area contributed by atoms with Crippen molar-refractivity contribution < 1.29 is 4.79 Å². The van der Waals surface area contributed by atoms with Gasteiger partial charge in [-0.05, 0) is 19.4 Å². The average molecular weight is 410 g/mol. The average Bonchev–Trinajstić information content (AvgIpc) is 3.16. The van der Waals surface area contributed by atoms with Gasteiger partial charge in [0.15, 0.2) is 0 Å². The first-order valence-corrected chi connectivity index (χ1v) is 10.7. The summed E-state index contributed by atoms with van der Waals surface area (Å²) in [6.07, 6.45) is 5.51. The number of carbonyl (C=O) groups is 1. The molecule has 0 atom stereocenters. The lowest BCUT2D eigenvalue weighted by Gasteiger charge is -2.16. The van der Waals surface area contributed by atoms with Crippen molar-refractivity contribution in [1.29, 1.82) is 0 Å². The summed E-state index contributed by atoms with van der Waals surface area (Å²) in [4.78, 5) is 44.0. The molecule has 29 heavy (non-hydrogen) atoms. The van der Waals surface area contributed by atoms with Gasteiger partial charge in [-0.1, -0.05) is 62.1 Å². The first-order valence-electron chi connectivity index (χ1n) is 9.89. The number of nitrogens with zero attached hydrogens (tertiary/aromatic N) is 4. The number of para-hydroxylation sites is 1. The SMILES string of the molecule is CCCCCCCN1C(=O)/C(=c2\sc3nc(=O)c(C)nn3c2=O)c2ccccc21. The van der Waals surface area contributed by atoms with Crippen LogP contribution < -0.4 is 20.6 Å². The second-order valence-electron chi connectivity index (χ2n) is 7.20. The molecular formula is C21H22N4O3S. The van der Waals surface area contributed by atoms with Crippen molar-refractivity contribution in [3.05, 3.63) is 60.8 Å². The van der Waals surface area contributed by atoms with E-state index in [2.05, 4.69) is 17.0 Å². The van der Waals surface area contributed by atoms with Gasteiger partial charge >= 0.3 is 0 Å². The Kier molecular flexibility index (Phi) is 5.27. The van der Waals surface area contributed by atoms with Crippen LogP contribution in [0.2, 0.25) is 0 Å². The minimum atomic E-state index is -0.463. The molecule has 7 nitrogen and oxygen atoms in total. The number of rotatable bonds is 6. The van der Waals surface area contributed by atoms with Crippen LogP contribution in [-0.4, -0.2) is 27.0 Å². The predicted octanol–water partition coefficient (Wildman–Crippen LogP) is 2.05. The molecule has 0 fully saturated rings. The number of anilines is 1. The minimum Gasteiger partial charge on any atom is -0.308 e. The molecule has 0 bridgehead atoms. The van der Waals surface area contributed by atoms with Crippen molar-refractivity contribution >= 4 is 33.5 Å². The van der Waals surface area contributed by atoms with Crippen LogP contribution in [0.1, 0.15) is 50.3 Å². The fourth-order valence-electron chi connectivity index (χ4n) is 3.63. The number of carbonyl (C=O) groups excluding carboxylic acids is 1. The molecule has 2 aromatic heterocycles. The number of thiazole rings is 1. The molecular weight excluding hydrogens is 388 g/mol. The molecule has 0 spiro atoms. The molecule has 0 unspecified atom stereocenters. The summed E-state index contributed by atoms with van der Waals surface area (Å²) in [6.45, 7) is 4.31. The van der Waals surface area contributed by atoms with Gasteiger partial charge in [0.2, 0.25) is 4.96 Å². The van der Waals surface area contributed by atoms with Gasteiger partial charge < -0.3 is 4.90 Å². The van der Waals surface area contributed by atoms with E-state index in [0.29, 0.717) is 12.1 Å². The number of aryl methyl sites for hydroxylation is 1. The first kappa shape index (κ1) is 19.4. The first-order chi connectivity index (χ1) is 14.0. The zero-order valence-corrected chi connectivity index (χ0v) is 17.3. The van der Waals surface area contributed by atoms with Crippen LogP contribution in [0.4, 0.5) is 5.69 Å². The van der Waals surface area contributed by atoms with E-state index in [1.165, 1.54) is 19.8 Å². The highest BCUT2D eigenvalue weighted by Gasteiger charge is 2.33. The molecule has 1 aliphatic heterocycles. The molecule has 0 N–H and O–H groups in total. The Hall–Kier alpha value is -2.87. The molecule has 4 rings (SSSR count). The highest BCUT2D eigenvalue weighted by atomic mass is 32.1. The lowest BCUT2D eigenvalue weighted by Crippen LogP contribution is -2.33. The Bertz CT molecular complexity index is 1260. The maximum absolute atomic E-state index is 13.3. The molecule has 0 saturated carbocycles. The van der Waals surface area contributed by atoms with Crippen LogP contribution in [0.25, 0.3) is 10.5 Å². The van der Waals surface area contributed by atoms with Gasteiger partial charge in [0.1, 0.15) is 10.2 Å². The zero-order valence-electron chi connectivity index (χ0n) is 16.5. The third-order valence-electron chi connectivity index (χ3n) is 5.15. The summed E-state index contributed by atoms with van der Waals surface area (Å²) in [5.41, 5.74) is 1.22. The van der Waals surface area contributed by atoms with Crippen LogP contribution in [0, 0.1) is 6.92 Å². The van der Waals surface area contributed by atoms with Crippen LogP contribution >= 0.6 is 11.3 Å². The second-order valence-corrected chi connectivity index (χ2v) is 8.17. The summed E-state index contributed by atoms with van der Waals surface area (Å²) in [5, 5.41) is 4.05. The van der Waals surface area contributed by atoms with Gasteiger partial charge in [0, 0.05) is 12.1 Å². The summed E-state index contributed by atoms with van der Waals surface area (Å²) in [6, 6.07) is 7.53. The number of aromatic nitrogens is 3. The Morgan fingerprint density at radius 3 is 2.59 bits per heavy atom. The molecule has 3 aromatic rings. The van der Waals surface area contributed by atoms with Gasteiger partial charge in [-0.25, -0.2) is 0 Å². The normalized spacial score (nSPS) is 15.4. The highest BCUT2D eigenvalue weighted by Crippen LogP contribution is 2.35. The Morgan fingerprint density at radius 2 is 1.79 bits per heavy atom. The van der Waals surface area contributed by atoms with E-state index in [9.17, 15) is 14.4 Å². The lowest BCUT2D eigenvalue weighted by molar-refractivity contribution is -0.113. The molecule has 1 amide bonds. The minimum absolute atomic E-state index is 0.154. The number of unbranched alkanes of at least 4 members (excludes halogenated alkanes) is 4. The smallest absolute Gasteiger partial charge is 0.295 e. The standard InChI is InChI=1S/C21H22N4O3S/c1-3-4-5-6-9-12-24-15-11-8-7-10-14(15)16(19(24)27)17-20(28)25-21(29-17)22-18(26)13(2)23-25/h7-8,10-11H,3-6,9,12H2,1-2H3/b17-16-. The summed E-state index contributed by atoms with van der Waals surface area (Å²) in [7, 11) is 0. The van der Waals surface area contributed by atoms with Crippen LogP contribution in [0.15, 0.2) is 33.9 Å². The summed E-state index contributed by atoms with van der Waals surface area (Å²) in [5.74, 6) is -0.176. The van der Waals surface area contributed by atoms with E-state index in [4.69, 9.17) is 0 Å². The Labute approximate surface area is 171 Å². The number of fused-ring (bicyclic) bond motifs is 2. The number of benzene rings is 1. The third-order valence-corrected chi connectivity index (χ3v) is 6.18. The van der Waals surface area contributed by atoms with Crippen LogP contribution in [0.3, 0.4) is 0 Å². The van der Waals surface area contributed by atoms with Gasteiger partial charge in [-0.3, -0.25) is 14.4 Å². The van der Waals surface area contributed by atoms with Gasteiger partial charge in [0.05, 0.1) is 11.3 Å². The topological polar surface area (TPSA) is 84.6 Å². The molecule has 3 heterocycles. The van der Waals surface area contributed by atoms with E-state index in [-0.39, 0.29) is 21.1 Å². The largest absolute Gasteiger partial charge is 0.308 e. The molecule has 0 radical (unpaired) electrons. The highest BCUT2D eigenvalue weighted by molar-refractivity contribution is 7.15. The third kappa shape index (κ3) is 3.37. The molecule has 8 heteroatoms. The molecule has 1 aromatic carbocycles. The fourth-order valence-corrected chi connectivity index (χ4v) is 4.63. The van der Waals surface area contributed by atoms with E-state index in [1.807, 2.05) is 24.3 Å². The molecule has 0 aliphatic carbocycles. The number of hydrogen-bond acceptors (Lipinski definition) is 6. The van der Waals surface area contributed by atoms with E-state index < -0.39 is 11.1 Å². The molecule has 150 valence electrons. The summed E-state index contributed by atoms with van der Waals surface area (Å²) < 4.78 is 1.40. The maximum atomic E-state index is 13.3. The van der Waals surface area contributed by atoms with Crippen molar-refractivity contribution in [2.24, 2.45) is 0 Å².